The van der Waals surface area contributed by atoms with Gasteiger partial charge in [0.1, 0.15) is 17.1 Å². The third-order valence-corrected chi connectivity index (χ3v) is 3.70. The molecule has 1 heterocycles. The van der Waals surface area contributed by atoms with Gasteiger partial charge in [-0.1, -0.05) is 11.8 Å². The van der Waals surface area contributed by atoms with Crippen molar-refractivity contribution in [3.05, 3.63) is 51.7 Å². The van der Waals surface area contributed by atoms with Crippen molar-refractivity contribution >= 4 is 23.4 Å². The molecule has 0 aliphatic rings. The average molecular weight is 297 g/mol. The van der Waals surface area contributed by atoms with Crippen molar-refractivity contribution in [3.63, 3.8) is 0 Å². The summed E-state index contributed by atoms with van der Waals surface area (Å²) in [6, 6.07) is 3.15. The lowest BCUT2D eigenvalue weighted by Crippen LogP contribution is -2.03. The molecule has 0 fully saturated rings. The second-order valence-corrected chi connectivity index (χ2v) is 4.89. The Hall–Kier alpha value is -2.35. The van der Waals surface area contributed by atoms with Gasteiger partial charge in [0.25, 0.3) is 5.69 Å². The van der Waals surface area contributed by atoms with Crippen LogP contribution in [0.4, 0.5) is 10.1 Å². The van der Waals surface area contributed by atoms with E-state index >= 15 is 0 Å². The van der Waals surface area contributed by atoms with Crippen LogP contribution in [0, 0.1) is 22.9 Å². The zero-order chi connectivity index (χ0) is 14.9. The van der Waals surface area contributed by atoms with E-state index < -0.39 is 28.0 Å². The number of nitro benzene ring substituents is 1. The number of carboxylic acids is 1. The summed E-state index contributed by atoms with van der Waals surface area (Å²) in [6.45, 7) is 1.66. The monoisotopic (exact) mass is 297 g/mol. The molecule has 0 unspecified atom stereocenters. The van der Waals surface area contributed by atoms with Crippen LogP contribution in [-0.2, 0) is 0 Å². The Balaban J connectivity index is 2.52. The zero-order valence-corrected chi connectivity index (χ0v) is 10.9. The third kappa shape index (κ3) is 2.64. The van der Waals surface area contributed by atoms with Crippen LogP contribution >= 0.6 is 11.8 Å². The van der Waals surface area contributed by atoms with E-state index in [1.54, 1.807) is 13.0 Å². The second kappa shape index (κ2) is 5.33. The Bertz CT molecular complexity index is 697. The SMILES string of the molecule is Cc1occc1Sc1cc(F)c(C(=O)O)cc1[N+](=O)[O-]. The molecule has 2 aromatic rings. The molecule has 1 aromatic carbocycles. The molecule has 0 aliphatic carbocycles. The number of hydrogen-bond donors (Lipinski definition) is 1. The first kappa shape index (κ1) is 14.1. The van der Waals surface area contributed by atoms with E-state index in [2.05, 4.69) is 0 Å². The van der Waals surface area contributed by atoms with Crippen molar-refractivity contribution in [2.75, 3.05) is 0 Å². The van der Waals surface area contributed by atoms with Crippen molar-refractivity contribution in [2.24, 2.45) is 0 Å². The highest BCUT2D eigenvalue weighted by molar-refractivity contribution is 7.99. The standard InChI is InChI=1S/C12H8FNO5S/c1-6-10(2-3-19-6)20-11-5-8(13)7(12(15)16)4-9(11)14(17)18/h2-5H,1H3,(H,15,16). The number of nitro groups is 1. The van der Waals surface area contributed by atoms with Gasteiger partial charge in [-0.15, -0.1) is 0 Å². The molecule has 2 rings (SSSR count). The van der Waals surface area contributed by atoms with Gasteiger partial charge in [0.15, 0.2) is 0 Å². The Kier molecular flexibility index (Phi) is 3.75. The molecule has 0 bridgehead atoms. The van der Waals surface area contributed by atoms with E-state index in [9.17, 15) is 19.3 Å². The number of aryl methyl sites for hydroxylation is 1. The molecule has 0 saturated carbocycles. The number of furan rings is 1. The zero-order valence-electron chi connectivity index (χ0n) is 10.1. The molecule has 0 atom stereocenters. The first-order valence-electron chi connectivity index (χ1n) is 5.33. The molecule has 0 saturated heterocycles. The summed E-state index contributed by atoms with van der Waals surface area (Å²) in [5.74, 6) is -2.04. The summed E-state index contributed by atoms with van der Waals surface area (Å²) < 4.78 is 18.7. The van der Waals surface area contributed by atoms with E-state index in [-0.39, 0.29) is 4.90 Å². The molecule has 0 aliphatic heterocycles. The van der Waals surface area contributed by atoms with Gasteiger partial charge in [-0.05, 0) is 19.1 Å². The van der Waals surface area contributed by atoms with Crippen LogP contribution in [0.3, 0.4) is 0 Å². The summed E-state index contributed by atoms with van der Waals surface area (Å²) in [6.07, 6.45) is 1.41. The van der Waals surface area contributed by atoms with Crippen molar-refractivity contribution in [3.8, 4) is 0 Å². The summed E-state index contributed by atoms with van der Waals surface area (Å²) >= 11 is 0.942. The van der Waals surface area contributed by atoms with Crippen LogP contribution in [0.25, 0.3) is 0 Å². The van der Waals surface area contributed by atoms with Gasteiger partial charge in [-0.3, -0.25) is 10.1 Å². The van der Waals surface area contributed by atoms with Crippen LogP contribution in [0.1, 0.15) is 16.1 Å². The quantitative estimate of drug-likeness (QED) is 0.685. The van der Waals surface area contributed by atoms with Crippen molar-refractivity contribution in [1.82, 2.24) is 0 Å². The largest absolute Gasteiger partial charge is 0.478 e. The second-order valence-electron chi connectivity index (χ2n) is 3.81. The first-order valence-corrected chi connectivity index (χ1v) is 6.15. The molecule has 8 heteroatoms. The molecule has 1 aromatic heterocycles. The molecule has 0 radical (unpaired) electrons. The van der Waals surface area contributed by atoms with E-state index in [1.165, 1.54) is 6.26 Å². The maximum atomic E-state index is 13.6. The van der Waals surface area contributed by atoms with E-state index in [4.69, 9.17) is 9.52 Å². The van der Waals surface area contributed by atoms with Gasteiger partial charge in [0, 0.05) is 6.07 Å². The van der Waals surface area contributed by atoms with Crippen LogP contribution < -0.4 is 0 Å². The topological polar surface area (TPSA) is 93.6 Å². The normalized spacial score (nSPS) is 10.5. The molecular formula is C12H8FNO5S. The summed E-state index contributed by atoms with van der Waals surface area (Å²) in [7, 11) is 0. The number of halogens is 1. The maximum Gasteiger partial charge on any atom is 0.338 e. The van der Waals surface area contributed by atoms with Crippen molar-refractivity contribution in [2.45, 2.75) is 16.7 Å². The predicted molar refractivity (Wildman–Crippen MR) is 67.6 cm³/mol. The number of carbonyl (C=O) groups is 1. The lowest BCUT2D eigenvalue weighted by atomic mass is 10.2. The number of benzene rings is 1. The molecule has 104 valence electrons. The smallest absolute Gasteiger partial charge is 0.338 e. The number of aromatic carboxylic acids is 1. The van der Waals surface area contributed by atoms with Crippen LogP contribution in [0.15, 0.2) is 38.7 Å². The molecule has 0 spiro atoms. The van der Waals surface area contributed by atoms with Crippen LogP contribution in [-0.4, -0.2) is 16.0 Å². The van der Waals surface area contributed by atoms with Gasteiger partial charge in [-0.2, -0.15) is 0 Å². The first-order chi connectivity index (χ1) is 9.40. The average Bonchev–Trinajstić information content (AvgIpc) is 2.74. The van der Waals surface area contributed by atoms with Crippen molar-refractivity contribution < 1.29 is 23.6 Å². The fraction of sp³-hybridized carbons (Fsp3) is 0.0833. The highest BCUT2D eigenvalue weighted by Gasteiger charge is 2.23. The lowest BCUT2D eigenvalue weighted by molar-refractivity contribution is -0.387. The van der Waals surface area contributed by atoms with Gasteiger partial charge >= 0.3 is 5.97 Å². The van der Waals surface area contributed by atoms with Gasteiger partial charge < -0.3 is 9.52 Å². The Morgan fingerprint density at radius 2 is 2.15 bits per heavy atom. The minimum absolute atomic E-state index is 0.0157. The molecule has 20 heavy (non-hydrogen) atoms. The van der Waals surface area contributed by atoms with Gasteiger partial charge in [-0.25, -0.2) is 9.18 Å². The highest BCUT2D eigenvalue weighted by atomic mass is 32.2. The minimum atomic E-state index is -1.55. The predicted octanol–water partition coefficient (Wildman–Crippen LogP) is 3.48. The molecule has 1 N–H and O–H groups in total. The highest BCUT2D eigenvalue weighted by Crippen LogP contribution is 2.38. The van der Waals surface area contributed by atoms with Crippen LogP contribution in [0.2, 0.25) is 0 Å². The van der Waals surface area contributed by atoms with Gasteiger partial charge in [0.2, 0.25) is 0 Å². The fourth-order valence-corrected chi connectivity index (χ4v) is 2.48. The maximum absolute atomic E-state index is 13.6. The Morgan fingerprint density at radius 1 is 1.45 bits per heavy atom. The van der Waals surface area contributed by atoms with E-state index in [0.29, 0.717) is 10.7 Å². The molecule has 6 nitrogen and oxygen atoms in total. The van der Waals surface area contributed by atoms with E-state index in [0.717, 1.165) is 23.9 Å². The lowest BCUT2D eigenvalue weighted by Gasteiger charge is -2.04. The summed E-state index contributed by atoms with van der Waals surface area (Å²) in [4.78, 5) is 21.6. The number of carboxylic acid groups (broad SMARTS) is 1. The fourth-order valence-electron chi connectivity index (χ4n) is 1.53. The van der Waals surface area contributed by atoms with E-state index in [1.807, 2.05) is 0 Å². The summed E-state index contributed by atoms with van der Waals surface area (Å²) in [5, 5.41) is 19.8. The van der Waals surface area contributed by atoms with Gasteiger partial charge in [0.05, 0.1) is 21.0 Å². The number of nitrogens with zero attached hydrogens (tertiary/aromatic N) is 1. The number of rotatable bonds is 4. The van der Waals surface area contributed by atoms with Crippen LogP contribution in [0.5, 0.6) is 0 Å². The summed E-state index contributed by atoms with van der Waals surface area (Å²) in [5.41, 5.74) is -1.20. The third-order valence-electron chi connectivity index (χ3n) is 2.51. The number of hydrogen-bond acceptors (Lipinski definition) is 5. The Morgan fingerprint density at radius 3 is 2.65 bits per heavy atom. The minimum Gasteiger partial charge on any atom is -0.478 e. The van der Waals surface area contributed by atoms with Crippen molar-refractivity contribution in [1.29, 1.82) is 0 Å². The molecule has 0 amide bonds. The molecular weight excluding hydrogens is 289 g/mol. The Labute approximate surface area is 116 Å².